The maximum atomic E-state index is 13.7. The average Bonchev–Trinajstić information content (AvgIpc) is 2.96. The number of ether oxygens (including phenoxy) is 2. The second kappa shape index (κ2) is 23.8. The molecule has 0 amide bonds. The fourth-order valence-electron chi connectivity index (χ4n) is 5.55. The Bertz CT molecular complexity index is 547. The van der Waals surface area contributed by atoms with Gasteiger partial charge in [-0.3, -0.25) is 0 Å². The molecule has 0 aliphatic carbocycles. The van der Waals surface area contributed by atoms with Crippen LogP contribution in [0, 0.1) is 0 Å². The summed E-state index contributed by atoms with van der Waals surface area (Å²) in [6, 6.07) is 5.99. The fourth-order valence-corrected chi connectivity index (χ4v) is 15.3. The normalized spacial score (nSPS) is 13.7. The van der Waals surface area contributed by atoms with Gasteiger partial charge in [0.1, 0.15) is 0 Å². The molecule has 40 heavy (non-hydrogen) atoms. The molecule has 0 rings (SSSR count). The third-order valence-corrected chi connectivity index (χ3v) is 17.1. The summed E-state index contributed by atoms with van der Waals surface area (Å²) < 4.78 is 25.4. The molecule has 2 atom stereocenters. The molecule has 0 bridgehead atoms. The van der Waals surface area contributed by atoms with Crippen LogP contribution < -0.4 is 0 Å². The molecule has 0 fully saturated rings. The largest absolute Gasteiger partial charge is 0.464 e. The monoisotopic (exact) mass is 602 g/mol. The Hall–Kier alpha value is -0.706. The second-order valence-electron chi connectivity index (χ2n) is 11.6. The standard InChI is InChI=1S/C32H66O6Si2/c1-9-17-23-39(24-18-10-2,25-19-11-3)37-29(31(33)35-15-7)30(32(34)36-16-8)38-40(26-20-12-4,27-21-13-5)28-22-14-6/h29-30H,9-28H2,1-8H3. The van der Waals surface area contributed by atoms with Crippen molar-refractivity contribution >= 4 is 28.6 Å². The number of hydrogen-bond donors (Lipinski definition) is 0. The quantitative estimate of drug-likeness (QED) is 0.0688. The summed E-state index contributed by atoms with van der Waals surface area (Å²) in [6.45, 7) is 17.4. The van der Waals surface area contributed by atoms with E-state index >= 15 is 0 Å². The average molecular weight is 603 g/mol. The zero-order valence-electron chi connectivity index (χ0n) is 27.7. The summed E-state index contributed by atoms with van der Waals surface area (Å²) >= 11 is 0. The van der Waals surface area contributed by atoms with Crippen molar-refractivity contribution in [3.05, 3.63) is 0 Å². The van der Waals surface area contributed by atoms with Crippen LogP contribution in [0.4, 0.5) is 0 Å². The van der Waals surface area contributed by atoms with Crippen LogP contribution in [0.3, 0.4) is 0 Å². The SMILES string of the molecule is CCCC[Si](CCCC)(CCCC)OC(C(=O)OCC)C(O[Si](CCCC)(CCCC)CCCC)C(=O)OCC. The van der Waals surface area contributed by atoms with Crippen LogP contribution in [0.5, 0.6) is 0 Å². The molecule has 0 saturated heterocycles. The van der Waals surface area contributed by atoms with Crippen LogP contribution in [0.25, 0.3) is 0 Å². The fraction of sp³-hybridized carbons (Fsp3) is 0.938. The van der Waals surface area contributed by atoms with E-state index in [1.165, 1.54) is 0 Å². The number of rotatable bonds is 27. The highest BCUT2D eigenvalue weighted by Crippen LogP contribution is 2.36. The van der Waals surface area contributed by atoms with Crippen molar-refractivity contribution in [1.82, 2.24) is 0 Å². The van der Waals surface area contributed by atoms with Gasteiger partial charge in [-0.1, -0.05) is 119 Å². The molecule has 2 unspecified atom stereocenters. The number of hydrogen-bond acceptors (Lipinski definition) is 6. The van der Waals surface area contributed by atoms with Crippen molar-refractivity contribution in [2.45, 2.75) is 181 Å². The van der Waals surface area contributed by atoms with E-state index < -0.39 is 40.8 Å². The van der Waals surface area contributed by atoms with E-state index in [-0.39, 0.29) is 13.2 Å². The van der Waals surface area contributed by atoms with Crippen molar-refractivity contribution < 1.29 is 27.9 Å². The Morgan fingerprint density at radius 1 is 0.450 bits per heavy atom. The Balaban J connectivity index is 6.86. The highest BCUT2D eigenvalue weighted by molar-refractivity contribution is 6.74. The second-order valence-corrected chi connectivity index (χ2v) is 19.8. The molecule has 0 N–H and O–H groups in total. The third-order valence-electron chi connectivity index (χ3n) is 7.98. The van der Waals surface area contributed by atoms with E-state index in [4.69, 9.17) is 18.3 Å². The minimum Gasteiger partial charge on any atom is -0.464 e. The molecule has 6 nitrogen and oxygen atoms in total. The number of carbonyl (C=O) groups is 2. The van der Waals surface area contributed by atoms with E-state index in [1.54, 1.807) is 0 Å². The van der Waals surface area contributed by atoms with E-state index in [1.807, 2.05) is 13.8 Å². The lowest BCUT2D eigenvalue weighted by Gasteiger charge is -2.41. The molecule has 0 aromatic rings. The minimum atomic E-state index is -2.37. The molecule has 0 aliphatic rings. The van der Waals surface area contributed by atoms with Crippen LogP contribution in [0.1, 0.15) is 132 Å². The summed E-state index contributed by atoms with van der Waals surface area (Å²) in [6.07, 6.45) is 10.8. The molecular weight excluding hydrogens is 537 g/mol. The van der Waals surface area contributed by atoms with Gasteiger partial charge in [-0.25, -0.2) is 9.59 Å². The minimum absolute atomic E-state index is 0.242. The maximum absolute atomic E-state index is 13.7. The Morgan fingerprint density at radius 2 is 0.675 bits per heavy atom. The van der Waals surface area contributed by atoms with E-state index in [0.717, 1.165) is 113 Å². The van der Waals surface area contributed by atoms with E-state index in [0.29, 0.717) is 0 Å². The van der Waals surface area contributed by atoms with Crippen LogP contribution in [-0.4, -0.2) is 54.0 Å². The lowest BCUT2D eigenvalue weighted by molar-refractivity contribution is -0.170. The Kier molecular flexibility index (Phi) is 23.4. The molecule has 0 aliphatic heterocycles. The van der Waals surface area contributed by atoms with Crippen LogP contribution >= 0.6 is 0 Å². The zero-order chi connectivity index (χ0) is 30.3. The first kappa shape index (κ1) is 39.3. The van der Waals surface area contributed by atoms with Gasteiger partial charge in [0.05, 0.1) is 13.2 Å². The van der Waals surface area contributed by atoms with Crippen molar-refractivity contribution in [3.63, 3.8) is 0 Å². The highest BCUT2D eigenvalue weighted by Gasteiger charge is 2.48. The number of carbonyl (C=O) groups excluding carboxylic acids is 2. The molecule has 238 valence electrons. The summed E-state index contributed by atoms with van der Waals surface area (Å²) in [5.74, 6) is -0.933. The summed E-state index contributed by atoms with van der Waals surface area (Å²) in [5.41, 5.74) is 0. The van der Waals surface area contributed by atoms with Crippen molar-refractivity contribution in [1.29, 1.82) is 0 Å². The van der Waals surface area contributed by atoms with Gasteiger partial charge >= 0.3 is 11.9 Å². The number of esters is 2. The molecule has 8 heteroatoms. The van der Waals surface area contributed by atoms with Crippen LogP contribution in [0.15, 0.2) is 0 Å². The third kappa shape index (κ3) is 15.0. The van der Waals surface area contributed by atoms with Gasteiger partial charge < -0.3 is 18.3 Å². The molecule has 0 aromatic heterocycles. The number of unbranched alkanes of at least 4 members (excludes halogenated alkanes) is 6. The Labute approximate surface area is 250 Å². The topological polar surface area (TPSA) is 71.1 Å². The maximum Gasteiger partial charge on any atom is 0.337 e. The van der Waals surface area contributed by atoms with Crippen LogP contribution in [0.2, 0.25) is 36.3 Å². The first-order valence-electron chi connectivity index (χ1n) is 17.0. The van der Waals surface area contributed by atoms with E-state index in [2.05, 4.69) is 41.5 Å². The van der Waals surface area contributed by atoms with Crippen LogP contribution in [-0.2, 0) is 27.9 Å². The first-order valence-corrected chi connectivity index (χ1v) is 22.0. The van der Waals surface area contributed by atoms with Gasteiger partial charge in [-0.05, 0) is 50.1 Å². The summed E-state index contributed by atoms with van der Waals surface area (Å²) in [7, 11) is -4.74. The molecule has 0 radical (unpaired) electrons. The smallest absolute Gasteiger partial charge is 0.337 e. The Morgan fingerprint density at radius 3 is 0.850 bits per heavy atom. The summed E-state index contributed by atoms with van der Waals surface area (Å²) in [5, 5.41) is 0. The van der Waals surface area contributed by atoms with E-state index in [9.17, 15) is 9.59 Å². The molecule has 0 aromatic carbocycles. The van der Waals surface area contributed by atoms with Crippen molar-refractivity contribution in [3.8, 4) is 0 Å². The highest BCUT2D eigenvalue weighted by atomic mass is 28.4. The van der Waals surface area contributed by atoms with Gasteiger partial charge in [-0.2, -0.15) is 0 Å². The van der Waals surface area contributed by atoms with Gasteiger partial charge in [0.2, 0.25) is 0 Å². The van der Waals surface area contributed by atoms with Crippen molar-refractivity contribution in [2.75, 3.05) is 13.2 Å². The predicted octanol–water partition coefficient (Wildman–Crippen LogP) is 9.57. The van der Waals surface area contributed by atoms with Gasteiger partial charge in [0, 0.05) is 0 Å². The van der Waals surface area contributed by atoms with Gasteiger partial charge in [-0.15, -0.1) is 0 Å². The molecular formula is C32H66O6Si2. The molecule has 0 spiro atoms. The first-order chi connectivity index (χ1) is 19.3. The van der Waals surface area contributed by atoms with Crippen molar-refractivity contribution in [2.24, 2.45) is 0 Å². The zero-order valence-corrected chi connectivity index (χ0v) is 29.7. The lowest BCUT2D eigenvalue weighted by atomic mass is 10.2. The summed E-state index contributed by atoms with van der Waals surface area (Å²) in [4.78, 5) is 27.4. The van der Waals surface area contributed by atoms with Gasteiger partial charge in [0.15, 0.2) is 28.8 Å². The lowest BCUT2D eigenvalue weighted by Crippen LogP contribution is -2.56. The van der Waals surface area contributed by atoms with Gasteiger partial charge in [0.25, 0.3) is 0 Å². The predicted molar refractivity (Wildman–Crippen MR) is 173 cm³/mol. The molecule has 0 saturated carbocycles. The molecule has 0 heterocycles.